The molecule has 1 heterocycles. The second kappa shape index (κ2) is 5.37. The number of nitrogens with one attached hydrogen (secondary N) is 1. The quantitative estimate of drug-likeness (QED) is 0.908. The normalized spacial score (nSPS) is 20.0. The Morgan fingerprint density at radius 1 is 1.53 bits per heavy atom. The van der Waals surface area contributed by atoms with Gasteiger partial charge in [-0.15, -0.1) is 0 Å². The van der Waals surface area contributed by atoms with E-state index in [2.05, 4.69) is 46.4 Å². The Kier molecular flexibility index (Phi) is 4.12. The first-order valence-corrected chi connectivity index (χ1v) is 7.35. The van der Waals surface area contributed by atoms with E-state index in [-0.39, 0.29) is 0 Å². The maximum Gasteiger partial charge on any atom is 0.0415 e. The molecular formula is C12H16BrNS. The Bertz CT molecular complexity index is 340. The van der Waals surface area contributed by atoms with Gasteiger partial charge in [0.15, 0.2) is 0 Å². The third kappa shape index (κ3) is 2.77. The molecular weight excluding hydrogens is 270 g/mol. The number of hydrogen-bond acceptors (Lipinski definition) is 2. The third-order valence-electron chi connectivity index (χ3n) is 2.67. The number of benzene rings is 1. The fourth-order valence-electron chi connectivity index (χ4n) is 1.89. The minimum Gasteiger partial charge on any atom is -0.309 e. The van der Waals surface area contributed by atoms with Crippen molar-refractivity contribution in [1.82, 2.24) is 5.32 Å². The summed E-state index contributed by atoms with van der Waals surface area (Å²) in [5, 5.41) is 3.61. The van der Waals surface area contributed by atoms with Crippen LogP contribution in [0, 0.1) is 0 Å². The van der Waals surface area contributed by atoms with Crippen molar-refractivity contribution >= 4 is 27.7 Å². The molecule has 1 N–H and O–H groups in total. The van der Waals surface area contributed by atoms with Crippen LogP contribution in [0.15, 0.2) is 22.7 Å². The average Bonchev–Trinajstić information content (AvgIpc) is 2.26. The number of hydrogen-bond donors (Lipinski definition) is 1. The average molecular weight is 286 g/mol. The molecule has 3 heteroatoms. The monoisotopic (exact) mass is 285 g/mol. The molecule has 0 spiro atoms. The zero-order valence-electron chi connectivity index (χ0n) is 8.92. The lowest BCUT2D eigenvalue weighted by Gasteiger charge is -2.26. The van der Waals surface area contributed by atoms with Gasteiger partial charge in [-0.05, 0) is 36.2 Å². The molecule has 1 aliphatic heterocycles. The van der Waals surface area contributed by atoms with E-state index in [1.54, 1.807) is 0 Å². The van der Waals surface area contributed by atoms with Crippen LogP contribution >= 0.6 is 27.7 Å². The molecule has 0 aromatic heterocycles. The van der Waals surface area contributed by atoms with Crippen molar-refractivity contribution in [3.8, 4) is 0 Å². The molecule has 0 saturated heterocycles. The fourth-order valence-corrected chi connectivity index (χ4v) is 3.40. The zero-order valence-corrected chi connectivity index (χ0v) is 11.3. The fraction of sp³-hybridized carbons (Fsp3) is 0.500. The summed E-state index contributed by atoms with van der Waals surface area (Å²) in [7, 11) is 0. The lowest BCUT2D eigenvalue weighted by atomic mass is 10.0. The summed E-state index contributed by atoms with van der Waals surface area (Å²) >= 11 is 5.58. The molecule has 0 saturated carbocycles. The molecule has 1 aromatic rings. The largest absolute Gasteiger partial charge is 0.309 e. The summed E-state index contributed by atoms with van der Waals surface area (Å²) in [6, 6.07) is 7.19. The summed E-state index contributed by atoms with van der Waals surface area (Å²) in [5.41, 5.74) is 2.97. The van der Waals surface area contributed by atoms with Gasteiger partial charge in [-0.25, -0.2) is 0 Å². The molecule has 2 rings (SSSR count). The van der Waals surface area contributed by atoms with Gasteiger partial charge in [-0.2, -0.15) is 11.8 Å². The third-order valence-corrected chi connectivity index (χ3v) is 4.24. The highest BCUT2D eigenvalue weighted by atomic mass is 79.9. The highest BCUT2D eigenvalue weighted by Gasteiger charge is 2.19. The Labute approximate surface area is 104 Å². The van der Waals surface area contributed by atoms with E-state index < -0.39 is 0 Å². The number of fused-ring (bicyclic) bond motifs is 1. The van der Waals surface area contributed by atoms with E-state index in [0.29, 0.717) is 6.04 Å². The van der Waals surface area contributed by atoms with E-state index in [1.807, 2.05) is 11.8 Å². The Morgan fingerprint density at radius 3 is 3.20 bits per heavy atom. The second-order valence-electron chi connectivity index (χ2n) is 3.86. The van der Waals surface area contributed by atoms with E-state index in [9.17, 15) is 0 Å². The van der Waals surface area contributed by atoms with Crippen LogP contribution in [-0.2, 0) is 5.75 Å². The maximum atomic E-state index is 3.61. The van der Waals surface area contributed by atoms with E-state index in [1.165, 1.54) is 27.8 Å². The first kappa shape index (κ1) is 11.5. The van der Waals surface area contributed by atoms with Gasteiger partial charge in [-0.3, -0.25) is 0 Å². The van der Waals surface area contributed by atoms with Gasteiger partial charge >= 0.3 is 0 Å². The van der Waals surface area contributed by atoms with Crippen molar-refractivity contribution in [3.63, 3.8) is 0 Å². The van der Waals surface area contributed by atoms with E-state index in [0.717, 1.165) is 12.3 Å². The van der Waals surface area contributed by atoms with Gasteiger partial charge in [0.25, 0.3) is 0 Å². The summed E-state index contributed by atoms with van der Waals surface area (Å²) in [5.74, 6) is 2.36. The molecule has 0 amide bonds. The van der Waals surface area contributed by atoms with E-state index in [4.69, 9.17) is 0 Å². The summed E-state index contributed by atoms with van der Waals surface area (Å²) < 4.78 is 1.19. The Morgan fingerprint density at radius 2 is 2.40 bits per heavy atom. The topological polar surface area (TPSA) is 12.0 Å². The van der Waals surface area contributed by atoms with Gasteiger partial charge in [0.2, 0.25) is 0 Å². The predicted octanol–water partition coefficient (Wildman–Crippen LogP) is 3.74. The molecule has 0 radical (unpaired) electrons. The highest BCUT2D eigenvalue weighted by Crippen LogP contribution is 2.33. The molecule has 1 unspecified atom stereocenters. The van der Waals surface area contributed by atoms with Crippen LogP contribution in [0.25, 0.3) is 0 Å². The summed E-state index contributed by atoms with van der Waals surface area (Å²) in [6.45, 7) is 3.32. The van der Waals surface area contributed by atoms with Gasteiger partial charge < -0.3 is 5.32 Å². The molecule has 1 atom stereocenters. The van der Waals surface area contributed by atoms with Crippen molar-refractivity contribution in [1.29, 1.82) is 0 Å². The maximum absolute atomic E-state index is 3.61. The lowest BCUT2D eigenvalue weighted by Crippen LogP contribution is -2.27. The van der Waals surface area contributed by atoms with Crippen LogP contribution in [0.4, 0.5) is 0 Å². The number of rotatable bonds is 3. The van der Waals surface area contributed by atoms with Crippen LogP contribution in [0.5, 0.6) is 0 Å². The molecule has 0 bridgehead atoms. The van der Waals surface area contributed by atoms with Crippen LogP contribution in [0.1, 0.15) is 30.5 Å². The molecule has 0 aliphatic carbocycles. The highest BCUT2D eigenvalue weighted by molar-refractivity contribution is 9.10. The molecule has 1 aliphatic rings. The number of halogens is 1. The number of thioether (sulfide) groups is 1. The summed E-state index contributed by atoms with van der Waals surface area (Å²) in [4.78, 5) is 0. The van der Waals surface area contributed by atoms with Crippen LogP contribution in [-0.4, -0.2) is 12.3 Å². The Hall–Kier alpha value is 0.01000. The van der Waals surface area contributed by atoms with Crippen LogP contribution in [0.3, 0.4) is 0 Å². The minimum atomic E-state index is 0.538. The predicted molar refractivity (Wildman–Crippen MR) is 71.3 cm³/mol. The summed E-state index contributed by atoms with van der Waals surface area (Å²) in [6.07, 6.45) is 1.20. The molecule has 0 fully saturated rings. The lowest BCUT2D eigenvalue weighted by molar-refractivity contribution is 0.571. The van der Waals surface area contributed by atoms with Crippen LogP contribution < -0.4 is 5.32 Å². The minimum absolute atomic E-state index is 0.538. The van der Waals surface area contributed by atoms with Gasteiger partial charge in [0.05, 0.1) is 0 Å². The van der Waals surface area contributed by atoms with Crippen molar-refractivity contribution in [3.05, 3.63) is 33.8 Å². The molecule has 1 nitrogen and oxygen atoms in total. The van der Waals surface area contributed by atoms with Crippen LogP contribution in [0.2, 0.25) is 0 Å². The first-order chi connectivity index (χ1) is 7.31. The standard InChI is InChI=1S/C12H16BrNS/c1-2-5-14-12-8-15-7-9-3-4-10(13)6-11(9)12/h3-4,6,12,14H,2,5,7-8H2,1H3. The van der Waals surface area contributed by atoms with Gasteiger partial charge in [-0.1, -0.05) is 28.9 Å². The second-order valence-corrected chi connectivity index (χ2v) is 5.81. The zero-order chi connectivity index (χ0) is 10.7. The van der Waals surface area contributed by atoms with Gasteiger partial charge in [0, 0.05) is 22.0 Å². The molecule has 1 aromatic carbocycles. The van der Waals surface area contributed by atoms with Crippen molar-refractivity contribution in [2.45, 2.75) is 25.1 Å². The van der Waals surface area contributed by atoms with Crippen molar-refractivity contribution in [2.75, 3.05) is 12.3 Å². The van der Waals surface area contributed by atoms with E-state index >= 15 is 0 Å². The smallest absolute Gasteiger partial charge is 0.0415 e. The van der Waals surface area contributed by atoms with Crippen molar-refractivity contribution < 1.29 is 0 Å². The molecule has 82 valence electrons. The van der Waals surface area contributed by atoms with Gasteiger partial charge in [0.1, 0.15) is 0 Å². The first-order valence-electron chi connectivity index (χ1n) is 5.40. The Balaban J connectivity index is 2.20. The molecule has 15 heavy (non-hydrogen) atoms. The SMILES string of the molecule is CCCNC1CSCc2ccc(Br)cc21. The van der Waals surface area contributed by atoms with Crippen molar-refractivity contribution in [2.24, 2.45) is 0 Å².